The van der Waals surface area contributed by atoms with Crippen LogP contribution in [0.4, 0.5) is 0 Å². The lowest BCUT2D eigenvalue weighted by Crippen LogP contribution is -1.93. The van der Waals surface area contributed by atoms with E-state index >= 15 is 0 Å². The molecule has 0 bridgehead atoms. The van der Waals surface area contributed by atoms with Crippen LogP contribution in [0.2, 0.25) is 0 Å². The van der Waals surface area contributed by atoms with Gasteiger partial charge in [0.2, 0.25) is 0 Å². The first kappa shape index (κ1) is 14.3. The Morgan fingerprint density at radius 1 is 0.750 bits per heavy atom. The summed E-state index contributed by atoms with van der Waals surface area (Å²) in [5.41, 5.74) is 2.61. The fourth-order valence-electron chi connectivity index (χ4n) is 2.07. The Bertz CT molecular complexity index is 501. The Kier molecular flexibility index (Phi) is 5.31. The van der Waals surface area contributed by atoms with Crippen LogP contribution in [0.3, 0.4) is 0 Å². The predicted octanol–water partition coefficient (Wildman–Crippen LogP) is 5.18. The lowest BCUT2D eigenvalue weighted by molar-refractivity contribution is 0.962. The second kappa shape index (κ2) is 7.44. The molecule has 0 N–H and O–H groups in total. The predicted molar refractivity (Wildman–Crippen MR) is 87.3 cm³/mol. The fourth-order valence-corrected chi connectivity index (χ4v) is 2.07. The van der Waals surface area contributed by atoms with Gasteiger partial charge in [0, 0.05) is 24.3 Å². The van der Waals surface area contributed by atoms with Gasteiger partial charge in [-0.05, 0) is 11.1 Å². The molecule has 0 aromatic heterocycles. The molecule has 0 radical (unpaired) electrons. The van der Waals surface area contributed by atoms with E-state index in [1.807, 2.05) is 24.5 Å². The highest BCUT2D eigenvalue weighted by Crippen LogP contribution is 2.16. The average Bonchev–Trinajstić information content (AvgIpc) is 2.53. The van der Waals surface area contributed by atoms with E-state index in [2.05, 4.69) is 73.4 Å². The highest BCUT2D eigenvalue weighted by Gasteiger charge is 2.00. The molecule has 0 heterocycles. The summed E-state index contributed by atoms with van der Waals surface area (Å²) in [6, 6.07) is 20.9. The van der Waals surface area contributed by atoms with Crippen LogP contribution < -0.4 is 0 Å². The molecule has 0 spiro atoms. The molecule has 2 aromatic carbocycles. The van der Waals surface area contributed by atoms with Crippen molar-refractivity contribution in [3.05, 3.63) is 84.1 Å². The molecular weight excluding hydrogens is 242 g/mol. The van der Waals surface area contributed by atoms with Crippen molar-refractivity contribution in [2.24, 2.45) is 4.99 Å². The third-order valence-electron chi connectivity index (χ3n) is 3.42. The summed E-state index contributed by atoms with van der Waals surface area (Å²) in [5.74, 6) is 0.730. The van der Waals surface area contributed by atoms with E-state index in [4.69, 9.17) is 0 Å². The highest BCUT2D eigenvalue weighted by atomic mass is 14.7. The molecule has 0 aliphatic heterocycles. The minimum absolute atomic E-state index is 0.341. The second-order valence-electron chi connectivity index (χ2n) is 5.04. The SMILES string of the molecule is C[C@H](C=N/C=C/[C@@H](C)c1ccccc1)c1ccccc1. The zero-order chi connectivity index (χ0) is 14.2. The third kappa shape index (κ3) is 4.20. The summed E-state index contributed by atoms with van der Waals surface area (Å²) >= 11 is 0. The summed E-state index contributed by atoms with van der Waals surface area (Å²) in [6.07, 6.45) is 6.02. The van der Waals surface area contributed by atoms with Crippen LogP contribution in [0, 0.1) is 0 Å². The summed E-state index contributed by atoms with van der Waals surface area (Å²) < 4.78 is 0. The largest absolute Gasteiger partial charge is 0.269 e. The molecule has 1 heteroatoms. The zero-order valence-corrected chi connectivity index (χ0v) is 12.1. The van der Waals surface area contributed by atoms with Crippen molar-refractivity contribution in [1.29, 1.82) is 0 Å². The third-order valence-corrected chi connectivity index (χ3v) is 3.42. The van der Waals surface area contributed by atoms with E-state index in [-0.39, 0.29) is 0 Å². The maximum atomic E-state index is 4.41. The van der Waals surface area contributed by atoms with Gasteiger partial charge in [0.05, 0.1) is 0 Å². The van der Waals surface area contributed by atoms with Crippen molar-refractivity contribution in [3.63, 3.8) is 0 Å². The Balaban J connectivity index is 1.91. The summed E-state index contributed by atoms with van der Waals surface area (Å²) in [5, 5.41) is 0. The van der Waals surface area contributed by atoms with Gasteiger partial charge in [0.25, 0.3) is 0 Å². The van der Waals surface area contributed by atoms with Crippen molar-refractivity contribution in [2.45, 2.75) is 25.7 Å². The number of benzene rings is 2. The van der Waals surface area contributed by atoms with Crippen LogP contribution in [0.15, 0.2) is 77.9 Å². The number of aliphatic imine (C=N–C) groups is 1. The van der Waals surface area contributed by atoms with Crippen molar-refractivity contribution in [3.8, 4) is 0 Å². The fraction of sp³-hybridized carbons (Fsp3) is 0.211. The van der Waals surface area contributed by atoms with Gasteiger partial charge in [0.15, 0.2) is 0 Å². The van der Waals surface area contributed by atoms with Crippen LogP contribution >= 0.6 is 0 Å². The molecule has 0 aliphatic rings. The van der Waals surface area contributed by atoms with Gasteiger partial charge in [-0.25, -0.2) is 0 Å². The molecule has 2 atom stereocenters. The number of hydrogen-bond acceptors (Lipinski definition) is 1. The Labute approximate surface area is 121 Å². The quantitative estimate of drug-likeness (QED) is 0.659. The average molecular weight is 263 g/mol. The van der Waals surface area contributed by atoms with Crippen molar-refractivity contribution >= 4 is 6.21 Å². The van der Waals surface area contributed by atoms with Gasteiger partial charge in [-0.2, -0.15) is 0 Å². The first-order valence-electron chi connectivity index (χ1n) is 7.07. The molecular formula is C19H21N. The van der Waals surface area contributed by atoms with Crippen molar-refractivity contribution < 1.29 is 0 Å². The van der Waals surface area contributed by atoms with Crippen LogP contribution in [0.5, 0.6) is 0 Å². The number of nitrogens with zero attached hydrogens (tertiary/aromatic N) is 1. The molecule has 1 nitrogen and oxygen atoms in total. The van der Waals surface area contributed by atoms with E-state index in [0.717, 1.165) is 0 Å². The smallest absolute Gasteiger partial charge is 0.0230 e. The number of hydrogen-bond donors (Lipinski definition) is 0. The van der Waals surface area contributed by atoms with E-state index in [1.54, 1.807) is 0 Å². The van der Waals surface area contributed by atoms with Gasteiger partial charge >= 0.3 is 0 Å². The number of rotatable bonds is 5. The standard InChI is InChI=1S/C19H21N/c1-16(18-9-5-3-6-10-18)13-14-20-15-17(2)19-11-7-4-8-12-19/h3-17H,1-2H3/b14-13+,20-15?/t16-,17-/m1/s1. The lowest BCUT2D eigenvalue weighted by atomic mass is 10.0. The minimum atomic E-state index is 0.341. The summed E-state index contributed by atoms with van der Waals surface area (Å²) in [7, 11) is 0. The summed E-state index contributed by atoms with van der Waals surface area (Å²) in [6.45, 7) is 4.34. The molecule has 2 aromatic rings. The minimum Gasteiger partial charge on any atom is -0.269 e. The summed E-state index contributed by atoms with van der Waals surface area (Å²) in [4.78, 5) is 4.41. The molecule has 20 heavy (non-hydrogen) atoms. The Morgan fingerprint density at radius 2 is 1.25 bits per heavy atom. The second-order valence-corrected chi connectivity index (χ2v) is 5.04. The van der Waals surface area contributed by atoms with Crippen LogP contribution in [0.1, 0.15) is 36.8 Å². The van der Waals surface area contributed by atoms with Crippen LogP contribution in [0.25, 0.3) is 0 Å². The molecule has 0 saturated heterocycles. The molecule has 0 amide bonds. The van der Waals surface area contributed by atoms with Gasteiger partial charge in [-0.15, -0.1) is 0 Å². The maximum Gasteiger partial charge on any atom is 0.0230 e. The topological polar surface area (TPSA) is 12.4 Å². The number of allylic oxidation sites excluding steroid dienone is 1. The van der Waals surface area contributed by atoms with E-state index < -0.39 is 0 Å². The van der Waals surface area contributed by atoms with Gasteiger partial charge in [-0.1, -0.05) is 80.6 Å². The molecule has 2 rings (SSSR count). The van der Waals surface area contributed by atoms with Gasteiger partial charge < -0.3 is 0 Å². The van der Waals surface area contributed by atoms with Crippen molar-refractivity contribution in [1.82, 2.24) is 0 Å². The maximum absolute atomic E-state index is 4.41. The van der Waals surface area contributed by atoms with Gasteiger partial charge in [0.1, 0.15) is 0 Å². The molecule has 102 valence electrons. The van der Waals surface area contributed by atoms with E-state index in [0.29, 0.717) is 11.8 Å². The lowest BCUT2D eigenvalue weighted by Gasteiger charge is -2.05. The van der Waals surface area contributed by atoms with Gasteiger partial charge in [-0.3, -0.25) is 4.99 Å². The van der Waals surface area contributed by atoms with Crippen LogP contribution in [-0.2, 0) is 0 Å². The molecule has 0 unspecified atom stereocenters. The molecule has 0 fully saturated rings. The Morgan fingerprint density at radius 3 is 1.80 bits per heavy atom. The Hall–Kier alpha value is -2.15. The zero-order valence-electron chi connectivity index (χ0n) is 12.1. The molecule has 0 saturated carbocycles. The monoisotopic (exact) mass is 263 g/mol. The highest BCUT2D eigenvalue weighted by molar-refractivity contribution is 5.67. The van der Waals surface area contributed by atoms with Crippen molar-refractivity contribution in [2.75, 3.05) is 0 Å². The first-order chi connectivity index (χ1) is 9.77. The van der Waals surface area contributed by atoms with E-state index in [9.17, 15) is 0 Å². The molecule has 0 aliphatic carbocycles. The first-order valence-corrected chi connectivity index (χ1v) is 7.07. The van der Waals surface area contributed by atoms with Crippen LogP contribution in [-0.4, -0.2) is 6.21 Å². The van der Waals surface area contributed by atoms with E-state index in [1.165, 1.54) is 11.1 Å². The normalized spacial score (nSPS) is 14.7.